The summed E-state index contributed by atoms with van der Waals surface area (Å²) in [7, 11) is 0. The van der Waals surface area contributed by atoms with E-state index < -0.39 is 0 Å². The summed E-state index contributed by atoms with van der Waals surface area (Å²) in [5.74, 6) is 0.720. The number of carbonyl (C=O) groups is 1. The van der Waals surface area contributed by atoms with E-state index in [9.17, 15) is 4.79 Å². The quantitative estimate of drug-likeness (QED) is 0.782. The van der Waals surface area contributed by atoms with Crippen molar-refractivity contribution >= 4 is 5.91 Å². The molecule has 1 aliphatic heterocycles. The number of amides is 1. The molecule has 1 saturated carbocycles. The molecule has 2 fully saturated rings. The van der Waals surface area contributed by atoms with Crippen LogP contribution in [0.3, 0.4) is 0 Å². The number of hydrogen-bond acceptors (Lipinski definition) is 3. The lowest BCUT2D eigenvalue weighted by atomic mass is 9.86. The largest absolute Gasteiger partial charge is 0.346 e. The highest BCUT2D eigenvalue weighted by molar-refractivity contribution is 5.79. The minimum Gasteiger partial charge on any atom is -0.346 e. The molecular formula is C18H27N3O. The normalized spacial score (nSPS) is 30.8. The first-order valence-corrected chi connectivity index (χ1v) is 8.40. The van der Waals surface area contributed by atoms with E-state index in [4.69, 9.17) is 0 Å². The standard InChI is InChI=1S/C18H27N3O/c1-12(11-16-13(2)20-21-14(16)3)17(22)19-18(9-10-18)15-7-5-4-6-8-15/h4-8,12-14,16,20-21H,9-11H2,1-3H3,(H,19,22). The Morgan fingerprint density at radius 1 is 1.23 bits per heavy atom. The van der Waals surface area contributed by atoms with Crippen LogP contribution in [0, 0.1) is 11.8 Å². The van der Waals surface area contributed by atoms with Gasteiger partial charge in [-0.15, -0.1) is 0 Å². The van der Waals surface area contributed by atoms with Crippen molar-refractivity contribution in [1.82, 2.24) is 16.2 Å². The van der Waals surface area contributed by atoms with Crippen molar-refractivity contribution in [2.75, 3.05) is 0 Å². The van der Waals surface area contributed by atoms with Crippen LogP contribution in [-0.2, 0) is 10.3 Å². The first-order chi connectivity index (χ1) is 10.5. The summed E-state index contributed by atoms with van der Waals surface area (Å²) < 4.78 is 0. The maximum Gasteiger partial charge on any atom is 0.223 e. The first-order valence-electron chi connectivity index (χ1n) is 8.40. The van der Waals surface area contributed by atoms with Gasteiger partial charge in [-0.3, -0.25) is 15.6 Å². The van der Waals surface area contributed by atoms with Crippen LogP contribution in [0.2, 0.25) is 0 Å². The number of nitrogens with one attached hydrogen (secondary N) is 3. The fraction of sp³-hybridized carbons (Fsp3) is 0.611. The predicted molar refractivity (Wildman–Crippen MR) is 88.0 cm³/mol. The molecule has 4 nitrogen and oxygen atoms in total. The summed E-state index contributed by atoms with van der Waals surface area (Å²) >= 11 is 0. The van der Waals surface area contributed by atoms with Gasteiger partial charge in [0.05, 0.1) is 5.54 Å². The lowest BCUT2D eigenvalue weighted by Gasteiger charge is -2.24. The summed E-state index contributed by atoms with van der Waals surface area (Å²) in [6.45, 7) is 6.41. The fourth-order valence-electron chi connectivity index (χ4n) is 3.56. The summed E-state index contributed by atoms with van der Waals surface area (Å²) in [6, 6.07) is 11.2. The molecule has 1 amide bonds. The van der Waals surface area contributed by atoms with Crippen LogP contribution < -0.4 is 16.2 Å². The highest BCUT2D eigenvalue weighted by Crippen LogP contribution is 2.45. The van der Waals surface area contributed by atoms with Crippen molar-refractivity contribution in [1.29, 1.82) is 0 Å². The Balaban J connectivity index is 1.60. The zero-order valence-corrected chi connectivity index (χ0v) is 13.7. The molecule has 1 saturated heterocycles. The van der Waals surface area contributed by atoms with Gasteiger partial charge in [-0.2, -0.15) is 0 Å². The molecule has 22 heavy (non-hydrogen) atoms. The van der Waals surface area contributed by atoms with Gasteiger partial charge in [0, 0.05) is 18.0 Å². The van der Waals surface area contributed by atoms with E-state index >= 15 is 0 Å². The second-order valence-electron chi connectivity index (χ2n) is 7.10. The van der Waals surface area contributed by atoms with E-state index in [1.165, 1.54) is 5.56 Å². The van der Waals surface area contributed by atoms with Crippen molar-refractivity contribution in [3.05, 3.63) is 35.9 Å². The molecule has 3 rings (SSSR count). The van der Waals surface area contributed by atoms with Crippen molar-refractivity contribution in [2.45, 2.75) is 57.7 Å². The highest BCUT2D eigenvalue weighted by atomic mass is 16.2. The summed E-state index contributed by atoms with van der Waals surface area (Å²) in [4.78, 5) is 12.6. The van der Waals surface area contributed by atoms with Gasteiger partial charge >= 0.3 is 0 Å². The minimum absolute atomic E-state index is 0.0396. The van der Waals surface area contributed by atoms with E-state index in [0.717, 1.165) is 19.3 Å². The SMILES string of the molecule is CC(CC1C(C)NNC1C)C(=O)NC1(c2ccccc2)CC1. The summed E-state index contributed by atoms with van der Waals surface area (Å²) in [5, 5.41) is 3.31. The number of hydrogen-bond donors (Lipinski definition) is 3. The van der Waals surface area contributed by atoms with Crippen LogP contribution in [0.25, 0.3) is 0 Å². The Morgan fingerprint density at radius 2 is 1.82 bits per heavy atom. The molecule has 0 bridgehead atoms. The molecular weight excluding hydrogens is 274 g/mol. The lowest BCUT2D eigenvalue weighted by Crippen LogP contribution is -2.40. The molecule has 0 spiro atoms. The molecule has 120 valence electrons. The number of hydrazine groups is 1. The number of rotatable bonds is 5. The topological polar surface area (TPSA) is 53.2 Å². The maximum absolute atomic E-state index is 12.6. The molecule has 4 heteroatoms. The van der Waals surface area contributed by atoms with Crippen molar-refractivity contribution in [3.8, 4) is 0 Å². The smallest absolute Gasteiger partial charge is 0.223 e. The van der Waals surface area contributed by atoms with Gasteiger partial charge in [0.2, 0.25) is 5.91 Å². The average molecular weight is 301 g/mol. The first kappa shape index (κ1) is 15.5. The second-order valence-corrected chi connectivity index (χ2v) is 7.10. The molecule has 1 aromatic carbocycles. The van der Waals surface area contributed by atoms with Crippen LogP contribution in [0.15, 0.2) is 30.3 Å². The van der Waals surface area contributed by atoms with Crippen molar-refractivity contribution < 1.29 is 4.79 Å². The van der Waals surface area contributed by atoms with Gasteiger partial charge in [-0.1, -0.05) is 37.3 Å². The Kier molecular flexibility index (Phi) is 4.24. The van der Waals surface area contributed by atoms with E-state index in [1.807, 2.05) is 25.1 Å². The molecule has 3 unspecified atom stereocenters. The van der Waals surface area contributed by atoms with Crippen LogP contribution in [0.4, 0.5) is 0 Å². The molecule has 3 atom stereocenters. The van der Waals surface area contributed by atoms with E-state index in [-0.39, 0.29) is 17.4 Å². The average Bonchev–Trinajstić information content (AvgIpc) is 3.24. The van der Waals surface area contributed by atoms with Crippen LogP contribution >= 0.6 is 0 Å². The summed E-state index contributed by atoms with van der Waals surface area (Å²) in [6.07, 6.45) is 3.02. The van der Waals surface area contributed by atoms with Crippen LogP contribution in [-0.4, -0.2) is 18.0 Å². The van der Waals surface area contributed by atoms with Crippen molar-refractivity contribution in [3.63, 3.8) is 0 Å². The maximum atomic E-state index is 12.6. The number of carbonyl (C=O) groups excluding carboxylic acids is 1. The Morgan fingerprint density at radius 3 is 2.36 bits per heavy atom. The monoisotopic (exact) mass is 301 g/mol. The molecule has 3 N–H and O–H groups in total. The van der Waals surface area contributed by atoms with E-state index in [0.29, 0.717) is 18.0 Å². The van der Waals surface area contributed by atoms with Gasteiger partial charge in [-0.25, -0.2) is 0 Å². The third-order valence-electron chi connectivity index (χ3n) is 5.34. The van der Waals surface area contributed by atoms with Gasteiger partial charge in [0.1, 0.15) is 0 Å². The molecule has 1 heterocycles. The van der Waals surface area contributed by atoms with E-state index in [2.05, 4.69) is 42.1 Å². The van der Waals surface area contributed by atoms with E-state index in [1.54, 1.807) is 0 Å². The van der Waals surface area contributed by atoms with Crippen LogP contribution in [0.1, 0.15) is 45.6 Å². The molecule has 2 aliphatic rings. The highest BCUT2D eigenvalue weighted by Gasteiger charge is 2.46. The third-order valence-corrected chi connectivity index (χ3v) is 5.34. The minimum atomic E-state index is -0.101. The second kappa shape index (κ2) is 6.01. The van der Waals surface area contributed by atoms with Crippen molar-refractivity contribution in [2.24, 2.45) is 11.8 Å². The Bertz CT molecular complexity index is 516. The molecule has 1 aromatic rings. The summed E-state index contributed by atoms with van der Waals surface area (Å²) in [5.41, 5.74) is 7.67. The van der Waals surface area contributed by atoms with Crippen LogP contribution in [0.5, 0.6) is 0 Å². The molecule has 1 aliphatic carbocycles. The Hall–Kier alpha value is -1.39. The van der Waals surface area contributed by atoms with Gasteiger partial charge in [0.25, 0.3) is 0 Å². The lowest BCUT2D eigenvalue weighted by molar-refractivity contribution is -0.126. The van der Waals surface area contributed by atoms with Gasteiger partial charge in [-0.05, 0) is 44.6 Å². The zero-order chi connectivity index (χ0) is 15.7. The Labute approximate surface area is 133 Å². The number of benzene rings is 1. The zero-order valence-electron chi connectivity index (χ0n) is 13.7. The predicted octanol–water partition coefficient (Wildman–Crippen LogP) is 2.32. The molecule has 0 radical (unpaired) electrons. The third kappa shape index (κ3) is 3.03. The molecule has 0 aromatic heterocycles. The fourth-order valence-corrected chi connectivity index (χ4v) is 3.56. The van der Waals surface area contributed by atoms with Gasteiger partial charge in [0.15, 0.2) is 0 Å². The van der Waals surface area contributed by atoms with Gasteiger partial charge < -0.3 is 5.32 Å².